The highest BCUT2D eigenvalue weighted by atomic mass is 32.2. The second-order valence-corrected chi connectivity index (χ2v) is 10.2. The molecule has 1 fully saturated rings. The lowest BCUT2D eigenvalue weighted by Gasteiger charge is -2.13. The maximum Gasteiger partial charge on any atom is 0.325 e. The number of sulfone groups is 1. The first-order chi connectivity index (χ1) is 14.1. The van der Waals surface area contributed by atoms with Crippen molar-refractivity contribution in [2.24, 2.45) is 5.92 Å². The average Bonchev–Trinajstić information content (AvgIpc) is 3.31. The Morgan fingerprint density at radius 2 is 1.93 bits per heavy atom. The molecule has 2 amide bonds. The molecule has 0 bridgehead atoms. The number of carbonyl (C=O) groups is 3. The fourth-order valence-electron chi connectivity index (χ4n) is 3.30. The van der Waals surface area contributed by atoms with Crippen molar-refractivity contribution < 1.29 is 27.9 Å². The van der Waals surface area contributed by atoms with Gasteiger partial charge in [-0.25, -0.2) is 18.2 Å². The first-order valence-electron chi connectivity index (χ1n) is 9.13. The average molecular weight is 453 g/mol. The Balaban J connectivity index is 1.77. The minimum absolute atomic E-state index is 0.0532. The molecule has 0 aliphatic heterocycles. The molecule has 160 valence electrons. The van der Waals surface area contributed by atoms with Crippen molar-refractivity contribution in [3.05, 3.63) is 29.7 Å². The Hall–Kier alpha value is -2.86. The third kappa shape index (κ3) is 5.19. The van der Waals surface area contributed by atoms with Crippen molar-refractivity contribution in [1.29, 1.82) is 0 Å². The number of aliphatic carboxylic acids is 1. The van der Waals surface area contributed by atoms with Gasteiger partial charge in [-0.15, -0.1) is 0 Å². The summed E-state index contributed by atoms with van der Waals surface area (Å²) in [4.78, 5) is 44.0. The largest absolute Gasteiger partial charge is 0.481 e. The van der Waals surface area contributed by atoms with Crippen LogP contribution in [0.4, 0.5) is 15.6 Å². The molecular weight excluding hydrogens is 432 g/mol. The number of carbonyl (C=O) groups excluding carboxylic acids is 2. The first kappa shape index (κ1) is 21.8. The van der Waals surface area contributed by atoms with Crippen molar-refractivity contribution in [2.75, 3.05) is 16.9 Å². The first-order valence-corrected chi connectivity index (χ1v) is 11.8. The van der Waals surface area contributed by atoms with Gasteiger partial charge in [0.15, 0.2) is 20.8 Å². The van der Waals surface area contributed by atoms with Crippen LogP contribution in [-0.4, -0.2) is 47.5 Å². The molecule has 3 rings (SSSR count). The van der Waals surface area contributed by atoms with Gasteiger partial charge >= 0.3 is 12.0 Å². The van der Waals surface area contributed by atoms with Crippen molar-refractivity contribution in [2.45, 2.75) is 36.3 Å². The van der Waals surface area contributed by atoms with Crippen molar-refractivity contribution in [3.63, 3.8) is 0 Å². The van der Waals surface area contributed by atoms with Crippen LogP contribution in [0.2, 0.25) is 0 Å². The lowest BCUT2D eigenvalue weighted by molar-refractivity contribution is -0.136. The van der Waals surface area contributed by atoms with E-state index in [4.69, 9.17) is 5.11 Å². The normalized spacial score (nSPS) is 14.4. The molecule has 0 atom stereocenters. The Morgan fingerprint density at radius 1 is 1.23 bits per heavy atom. The molecule has 1 saturated carbocycles. The Morgan fingerprint density at radius 3 is 2.57 bits per heavy atom. The van der Waals surface area contributed by atoms with E-state index < -0.39 is 28.3 Å². The monoisotopic (exact) mass is 452 g/mol. The number of hydrogen-bond donors (Lipinski definition) is 3. The summed E-state index contributed by atoms with van der Waals surface area (Å²) < 4.78 is 23.5. The third-order valence-corrected chi connectivity index (χ3v) is 7.47. The van der Waals surface area contributed by atoms with E-state index in [9.17, 15) is 22.8 Å². The van der Waals surface area contributed by atoms with Gasteiger partial charge in [0.1, 0.15) is 4.21 Å². The van der Waals surface area contributed by atoms with E-state index in [0.29, 0.717) is 16.9 Å². The SMILES string of the molecule is CS(=O)(=O)c1sc(NC(=O)Nc2cnccc2C(=O)C2CCCC2)nc1CC(=O)O. The van der Waals surface area contributed by atoms with Crippen LogP contribution >= 0.6 is 11.3 Å². The molecule has 2 heterocycles. The van der Waals surface area contributed by atoms with Gasteiger partial charge < -0.3 is 10.4 Å². The molecule has 0 saturated heterocycles. The van der Waals surface area contributed by atoms with Crippen molar-refractivity contribution in [3.8, 4) is 0 Å². The number of nitrogens with one attached hydrogen (secondary N) is 2. The van der Waals surface area contributed by atoms with Crippen LogP contribution in [0.5, 0.6) is 0 Å². The number of aromatic nitrogens is 2. The minimum Gasteiger partial charge on any atom is -0.481 e. The molecule has 2 aromatic heterocycles. The fraction of sp³-hybridized carbons (Fsp3) is 0.389. The molecule has 12 heteroatoms. The van der Waals surface area contributed by atoms with E-state index in [0.717, 1.165) is 31.9 Å². The summed E-state index contributed by atoms with van der Waals surface area (Å²) in [5, 5.41) is 13.8. The number of rotatable bonds is 7. The molecule has 30 heavy (non-hydrogen) atoms. The number of amides is 2. The summed E-state index contributed by atoms with van der Waals surface area (Å²) in [5.74, 6) is -1.37. The second-order valence-electron chi connectivity index (χ2n) is 6.94. The molecule has 3 N–H and O–H groups in total. The molecule has 1 aliphatic rings. The van der Waals surface area contributed by atoms with Gasteiger partial charge in [0.25, 0.3) is 0 Å². The van der Waals surface area contributed by atoms with E-state index >= 15 is 0 Å². The zero-order valence-corrected chi connectivity index (χ0v) is 17.7. The maximum absolute atomic E-state index is 12.7. The van der Waals surface area contributed by atoms with Gasteiger partial charge in [0, 0.05) is 23.9 Å². The number of pyridine rings is 1. The molecule has 0 radical (unpaired) electrons. The molecule has 1 aliphatic carbocycles. The highest BCUT2D eigenvalue weighted by Crippen LogP contribution is 2.31. The highest BCUT2D eigenvalue weighted by Gasteiger charge is 2.26. The van der Waals surface area contributed by atoms with Crippen LogP contribution in [-0.2, 0) is 21.1 Å². The standard InChI is InChI=1S/C18H20N4O6S2/c1-30(27,28)16-12(8-14(23)24)21-18(29-16)22-17(26)20-13-9-19-7-6-11(13)15(25)10-4-2-3-5-10/h6-7,9-10H,2-5,8H2,1H3,(H,23,24)(H2,20,21,22,26). The summed E-state index contributed by atoms with van der Waals surface area (Å²) in [5.41, 5.74) is 0.441. The summed E-state index contributed by atoms with van der Waals surface area (Å²) in [6, 6.07) is 0.797. The van der Waals surface area contributed by atoms with Crippen molar-refractivity contribution in [1.82, 2.24) is 9.97 Å². The van der Waals surface area contributed by atoms with E-state index in [1.165, 1.54) is 12.4 Å². The quantitative estimate of drug-likeness (QED) is 0.541. The minimum atomic E-state index is -3.71. The molecule has 0 spiro atoms. The Labute approximate surface area is 176 Å². The number of thiazole rings is 1. The number of carboxylic acid groups (broad SMARTS) is 1. The maximum atomic E-state index is 12.7. The Kier molecular flexibility index (Phi) is 6.46. The molecule has 0 unspecified atom stereocenters. The van der Waals surface area contributed by atoms with Crippen LogP contribution in [0.3, 0.4) is 0 Å². The fourth-order valence-corrected chi connectivity index (χ4v) is 5.40. The van der Waals surface area contributed by atoms with Crippen LogP contribution in [0.25, 0.3) is 0 Å². The van der Waals surface area contributed by atoms with Crippen LogP contribution in [0, 0.1) is 5.92 Å². The zero-order chi connectivity index (χ0) is 21.9. The predicted molar refractivity (Wildman–Crippen MR) is 110 cm³/mol. The Bertz CT molecular complexity index is 1090. The number of ketones is 1. The van der Waals surface area contributed by atoms with Crippen LogP contribution in [0.1, 0.15) is 41.7 Å². The van der Waals surface area contributed by atoms with Crippen LogP contribution in [0.15, 0.2) is 22.7 Å². The number of urea groups is 1. The molecule has 2 aromatic rings. The molecule has 0 aromatic carbocycles. The van der Waals surface area contributed by atoms with E-state index in [-0.39, 0.29) is 32.4 Å². The van der Waals surface area contributed by atoms with E-state index in [1.54, 1.807) is 6.07 Å². The highest BCUT2D eigenvalue weighted by molar-refractivity contribution is 7.92. The number of nitrogens with zero attached hydrogens (tertiary/aromatic N) is 2. The summed E-state index contributed by atoms with van der Waals surface area (Å²) >= 11 is 0.661. The van der Waals surface area contributed by atoms with Gasteiger partial charge in [-0.3, -0.25) is 19.9 Å². The smallest absolute Gasteiger partial charge is 0.325 e. The lowest BCUT2D eigenvalue weighted by Crippen LogP contribution is -2.22. The number of Topliss-reactive ketones (excluding diaryl/α,β-unsaturated/α-hetero) is 1. The number of anilines is 2. The van der Waals surface area contributed by atoms with Crippen molar-refractivity contribution >= 4 is 49.8 Å². The zero-order valence-electron chi connectivity index (χ0n) is 16.0. The number of carboxylic acids is 1. The van der Waals surface area contributed by atoms with E-state index in [2.05, 4.69) is 20.6 Å². The summed E-state index contributed by atoms with van der Waals surface area (Å²) in [6.45, 7) is 0. The molecule has 10 nitrogen and oxygen atoms in total. The van der Waals surface area contributed by atoms with Gasteiger partial charge in [-0.05, 0) is 18.9 Å². The lowest BCUT2D eigenvalue weighted by atomic mass is 9.96. The summed E-state index contributed by atoms with van der Waals surface area (Å²) in [7, 11) is -3.71. The van der Waals surface area contributed by atoms with Gasteiger partial charge in [-0.2, -0.15) is 0 Å². The molecular formula is C18H20N4O6S2. The predicted octanol–water partition coefficient (Wildman–Crippen LogP) is 2.59. The van der Waals surface area contributed by atoms with Gasteiger partial charge in [0.05, 0.1) is 24.0 Å². The van der Waals surface area contributed by atoms with Gasteiger partial charge in [-0.1, -0.05) is 24.2 Å². The third-order valence-electron chi connectivity index (χ3n) is 4.60. The number of hydrogen-bond acceptors (Lipinski definition) is 8. The second kappa shape index (κ2) is 8.88. The topological polar surface area (TPSA) is 155 Å². The summed E-state index contributed by atoms with van der Waals surface area (Å²) in [6.07, 6.45) is 6.80. The van der Waals surface area contributed by atoms with E-state index in [1.807, 2.05) is 0 Å². The van der Waals surface area contributed by atoms with Crippen LogP contribution < -0.4 is 10.6 Å². The van der Waals surface area contributed by atoms with Gasteiger partial charge in [0.2, 0.25) is 0 Å².